The van der Waals surface area contributed by atoms with E-state index >= 15 is 0 Å². The maximum absolute atomic E-state index is 5.65. The Labute approximate surface area is 103 Å². The van der Waals surface area contributed by atoms with Gasteiger partial charge in [-0.05, 0) is 25.5 Å². The molecule has 0 amide bonds. The Hall–Kier alpha value is -1.22. The van der Waals surface area contributed by atoms with E-state index in [1.807, 2.05) is 19.1 Å². The van der Waals surface area contributed by atoms with Gasteiger partial charge in [0.15, 0.2) is 0 Å². The van der Waals surface area contributed by atoms with Gasteiger partial charge in [-0.2, -0.15) is 0 Å². The van der Waals surface area contributed by atoms with E-state index in [9.17, 15) is 0 Å². The molecular weight excluding hydrogens is 214 g/mol. The third-order valence-electron chi connectivity index (χ3n) is 3.13. The third kappa shape index (κ3) is 3.13. The molecule has 3 heteroatoms. The van der Waals surface area contributed by atoms with Crippen LogP contribution in [-0.2, 0) is 4.74 Å². The number of rotatable bonds is 5. The third-order valence-corrected chi connectivity index (χ3v) is 3.13. The van der Waals surface area contributed by atoms with Gasteiger partial charge >= 0.3 is 0 Å². The maximum Gasteiger partial charge on any atom is 0.142 e. The average molecular weight is 235 g/mol. The molecule has 1 aliphatic heterocycles. The van der Waals surface area contributed by atoms with Crippen molar-refractivity contribution in [2.24, 2.45) is 5.92 Å². The van der Waals surface area contributed by atoms with E-state index in [4.69, 9.17) is 9.47 Å². The summed E-state index contributed by atoms with van der Waals surface area (Å²) in [5, 5.41) is 0. The highest BCUT2D eigenvalue weighted by Crippen LogP contribution is 2.28. The summed E-state index contributed by atoms with van der Waals surface area (Å²) in [7, 11) is 2.12. The summed E-state index contributed by atoms with van der Waals surface area (Å²) in [6.07, 6.45) is 1.17. The van der Waals surface area contributed by atoms with E-state index in [1.165, 1.54) is 12.1 Å². The van der Waals surface area contributed by atoms with Crippen molar-refractivity contribution in [3.63, 3.8) is 0 Å². The molecule has 2 rings (SSSR count). The lowest BCUT2D eigenvalue weighted by Crippen LogP contribution is -2.26. The molecule has 0 aromatic heterocycles. The Kier molecular flexibility index (Phi) is 4.26. The van der Waals surface area contributed by atoms with Gasteiger partial charge in [-0.3, -0.25) is 0 Å². The summed E-state index contributed by atoms with van der Waals surface area (Å²) in [6.45, 7) is 5.55. The number of hydrogen-bond acceptors (Lipinski definition) is 3. The SMILES string of the molecule is CCOc1ccccc1N(C)C[C@@H]1CCOC1. The van der Waals surface area contributed by atoms with E-state index < -0.39 is 0 Å². The van der Waals surface area contributed by atoms with E-state index in [0.717, 1.165) is 25.5 Å². The fourth-order valence-electron chi connectivity index (χ4n) is 2.26. The summed E-state index contributed by atoms with van der Waals surface area (Å²) in [4.78, 5) is 2.27. The lowest BCUT2D eigenvalue weighted by molar-refractivity contribution is 0.186. The highest BCUT2D eigenvalue weighted by Gasteiger charge is 2.18. The lowest BCUT2D eigenvalue weighted by atomic mass is 10.1. The van der Waals surface area contributed by atoms with Crippen LogP contribution in [0.5, 0.6) is 5.75 Å². The Morgan fingerprint density at radius 2 is 2.24 bits per heavy atom. The molecule has 0 unspecified atom stereocenters. The summed E-state index contributed by atoms with van der Waals surface area (Å²) in [5.41, 5.74) is 1.17. The molecular formula is C14H21NO2. The van der Waals surface area contributed by atoms with Gasteiger partial charge in [-0.1, -0.05) is 12.1 Å². The van der Waals surface area contributed by atoms with Gasteiger partial charge in [0.2, 0.25) is 0 Å². The van der Waals surface area contributed by atoms with Crippen molar-refractivity contribution in [2.45, 2.75) is 13.3 Å². The van der Waals surface area contributed by atoms with E-state index in [2.05, 4.69) is 24.1 Å². The number of ether oxygens (including phenoxy) is 2. The molecule has 0 bridgehead atoms. The number of hydrogen-bond donors (Lipinski definition) is 0. The minimum Gasteiger partial charge on any atom is -0.492 e. The predicted octanol–water partition coefficient (Wildman–Crippen LogP) is 2.56. The molecule has 94 valence electrons. The Morgan fingerprint density at radius 3 is 2.94 bits per heavy atom. The fraction of sp³-hybridized carbons (Fsp3) is 0.571. The van der Waals surface area contributed by atoms with Crippen LogP contribution in [-0.4, -0.2) is 33.4 Å². The molecule has 0 radical (unpaired) electrons. The fourth-order valence-corrected chi connectivity index (χ4v) is 2.26. The molecule has 1 heterocycles. The summed E-state index contributed by atoms with van der Waals surface area (Å²) in [5.74, 6) is 1.62. The summed E-state index contributed by atoms with van der Waals surface area (Å²) < 4.78 is 11.1. The minimum absolute atomic E-state index is 0.648. The van der Waals surface area contributed by atoms with Crippen LogP contribution in [0.25, 0.3) is 0 Å². The van der Waals surface area contributed by atoms with Crippen LogP contribution in [0.3, 0.4) is 0 Å². The highest BCUT2D eigenvalue weighted by molar-refractivity contribution is 5.57. The van der Waals surface area contributed by atoms with E-state index in [0.29, 0.717) is 12.5 Å². The first-order valence-electron chi connectivity index (χ1n) is 6.32. The molecule has 0 N–H and O–H groups in total. The highest BCUT2D eigenvalue weighted by atomic mass is 16.5. The molecule has 3 nitrogen and oxygen atoms in total. The van der Waals surface area contributed by atoms with Crippen molar-refractivity contribution in [3.8, 4) is 5.75 Å². The summed E-state index contributed by atoms with van der Waals surface area (Å²) >= 11 is 0. The van der Waals surface area contributed by atoms with Gasteiger partial charge in [-0.25, -0.2) is 0 Å². The van der Waals surface area contributed by atoms with Gasteiger partial charge in [0.05, 0.1) is 18.9 Å². The maximum atomic E-state index is 5.65. The monoisotopic (exact) mass is 235 g/mol. The second-order valence-electron chi connectivity index (χ2n) is 4.51. The average Bonchev–Trinajstić information content (AvgIpc) is 2.83. The van der Waals surface area contributed by atoms with Gasteiger partial charge in [0.1, 0.15) is 5.75 Å². The molecule has 1 aromatic carbocycles. The predicted molar refractivity (Wildman–Crippen MR) is 69.8 cm³/mol. The Bertz CT molecular complexity index is 348. The van der Waals surface area contributed by atoms with Crippen molar-refractivity contribution in [2.75, 3.05) is 38.3 Å². The van der Waals surface area contributed by atoms with Crippen molar-refractivity contribution in [3.05, 3.63) is 24.3 Å². The number of benzene rings is 1. The molecule has 0 saturated carbocycles. The van der Waals surface area contributed by atoms with Crippen molar-refractivity contribution >= 4 is 5.69 Å². The smallest absolute Gasteiger partial charge is 0.142 e. The normalized spacial score (nSPS) is 19.3. The first-order valence-corrected chi connectivity index (χ1v) is 6.32. The first kappa shape index (κ1) is 12.2. The van der Waals surface area contributed by atoms with Crippen LogP contribution in [0, 0.1) is 5.92 Å². The lowest BCUT2D eigenvalue weighted by Gasteiger charge is -2.24. The zero-order chi connectivity index (χ0) is 12.1. The molecule has 1 fully saturated rings. The van der Waals surface area contributed by atoms with Crippen LogP contribution in [0.1, 0.15) is 13.3 Å². The number of nitrogens with zero attached hydrogens (tertiary/aromatic N) is 1. The standard InChI is InChI=1S/C14H21NO2/c1-3-17-14-7-5-4-6-13(14)15(2)10-12-8-9-16-11-12/h4-7,12H,3,8-11H2,1-2H3/t12-/m0/s1. The second-order valence-corrected chi connectivity index (χ2v) is 4.51. The second kappa shape index (κ2) is 5.92. The first-order chi connectivity index (χ1) is 8.31. The molecule has 1 aliphatic rings. The van der Waals surface area contributed by atoms with E-state index in [-0.39, 0.29) is 0 Å². The van der Waals surface area contributed by atoms with Crippen LogP contribution in [0.4, 0.5) is 5.69 Å². The molecule has 1 atom stereocenters. The zero-order valence-electron chi connectivity index (χ0n) is 10.7. The van der Waals surface area contributed by atoms with Gasteiger partial charge in [-0.15, -0.1) is 0 Å². The van der Waals surface area contributed by atoms with Crippen LogP contribution < -0.4 is 9.64 Å². The zero-order valence-corrected chi connectivity index (χ0v) is 10.7. The Balaban J connectivity index is 2.03. The van der Waals surface area contributed by atoms with E-state index in [1.54, 1.807) is 0 Å². The van der Waals surface area contributed by atoms with Crippen LogP contribution in [0.2, 0.25) is 0 Å². The minimum atomic E-state index is 0.648. The largest absolute Gasteiger partial charge is 0.492 e. The quantitative estimate of drug-likeness (QED) is 0.783. The van der Waals surface area contributed by atoms with Gasteiger partial charge in [0.25, 0.3) is 0 Å². The van der Waals surface area contributed by atoms with Crippen molar-refractivity contribution in [1.29, 1.82) is 0 Å². The molecule has 1 aromatic rings. The van der Waals surface area contributed by atoms with Gasteiger partial charge in [0, 0.05) is 26.1 Å². The van der Waals surface area contributed by atoms with Crippen molar-refractivity contribution in [1.82, 2.24) is 0 Å². The molecule has 0 aliphatic carbocycles. The molecule has 0 spiro atoms. The molecule has 17 heavy (non-hydrogen) atoms. The van der Waals surface area contributed by atoms with Crippen molar-refractivity contribution < 1.29 is 9.47 Å². The van der Waals surface area contributed by atoms with Crippen LogP contribution in [0.15, 0.2) is 24.3 Å². The van der Waals surface area contributed by atoms with Crippen LogP contribution >= 0.6 is 0 Å². The number of para-hydroxylation sites is 2. The number of anilines is 1. The molecule has 1 saturated heterocycles. The van der Waals surface area contributed by atoms with Gasteiger partial charge < -0.3 is 14.4 Å². The summed E-state index contributed by atoms with van der Waals surface area (Å²) in [6, 6.07) is 8.21. The topological polar surface area (TPSA) is 21.7 Å². The Morgan fingerprint density at radius 1 is 1.41 bits per heavy atom.